The molecule has 0 aliphatic heterocycles. The molecule has 2 aliphatic rings. The number of aliphatic hydroxyl groups is 1. The molecule has 3 heteroatoms. The van der Waals surface area contributed by atoms with E-state index in [0.29, 0.717) is 12.1 Å². The maximum absolute atomic E-state index is 9.99. The second-order valence-corrected chi connectivity index (χ2v) is 6.37. The maximum Gasteiger partial charge on any atom is 0.0693 e. The minimum Gasteiger partial charge on any atom is -0.392 e. The van der Waals surface area contributed by atoms with Crippen molar-refractivity contribution in [2.45, 2.75) is 74.8 Å². The molecule has 0 aromatic rings. The molecule has 4 atom stereocenters. The molecule has 0 spiro atoms. The molecule has 2 fully saturated rings. The van der Waals surface area contributed by atoms with E-state index >= 15 is 0 Å². The Morgan fingerprint density at radius 3 is 2.25 bits per heavy atom. The van der Waals surface area contributed by atoms with Crippen molar-refractivity contribution < 1.29 is 5.11 Å². The van der Waals surface area contributed by atoms with Crippen LogP contribution in [-0.2, 0) is 0 Å². The average Bonchev–Trinajstić information content (AvgIpc) is 2.33. The first-order valence-electron chi connectivity index (χ1n) is 6.78. The van der Waals surface area contributed by atoms with Crippen molar-refractivity contribution in [2.24, 2.45) is 0 Å². The summed E-state index contributed by atoms with van der Waals surface area (Å²) < 4.78 is 0. The number of rotatable bonds is 3. The van der Waals surface area contributed by atoms with E-state index in [1.54, 1.807) is 0 Å². The Balaban J connectivity index is 1.86. The van der Waals surface area contributed by atoms with Gasteiger partial charge < -0.3 is 10.4 Å². The zero-order chi connectivity index (χ0) is 11.4. The van der Waals surface area contributed by atoms with E-state index in [4.69, 9.17) is 0 Å². The van der Waals surface area contributed by atoms with Crippen LogP contribution >= 0.6 is 11.8 Å². The van der Waals surface area contributed by atoms with Crippen molar-refractivity contribution in [1.29, 1.82) is 0 Å². The summed E-state index contributed by atoms with van der Waals surface area (Å²) in [5, 5.41) is 14.5. The number of nitrogens with one attached hydrogen (secondary N) is 1. The Labute approximate surface area is 104 Å². The van der Waals surface area contributed by atoms with Gasteiger partial charge in [0.2, 0.25) is 0 Å². The normalized spacial score (nSPS) is 40.9. The maximum atomic E-state index is 9.99. The molecular formula is C13H25NOS. The molecule has 0 saturated heterocycles. The summed E-state index contributed by atoms with van der Waals surface area (Å²) in [6, 6.07) is 1.01. The van der Waals surface area contributed by atoms with Crippen LogP contribution in [0.3, 0.4) is 0 Å². The summed E-state index contributed by atoms with van der Waals surface area (Å²) >= 11 is 2.00. The molecule has 2 rings (SSSR count). The van der Waals surface area contributed by atoms with Gasteiger partial charge in [-0.15, -0.1) is 0 Å². The van der Waals surface area contributed by atoms with Crippen molar-refractivity contribution >= 4 is 11.8 Å². The molecule has 2 saturated carbocycles. The Bertz CT molecular complexity index is 212. The van der Waals surface area contributed by atoms with Crippen LogP contribution in [-0.4, -0.2) is 34.8 Å². The van der Waals surface area contributed by atoms with E-state index in [9.17, 15) is 5.11 Å². The van der Waals surface area contributed by atoms with Crippen molar-refractivity contribution in [3.05, 3.63) is 0 Å². The summed E-state index contributed by atoms with van der Waals surface area (Å²) in [5.41, 5.74) is 0. The molecule has 4 unspecified atom stereocenters. The summed E-state index contributed by atoms with van der Waals surface area (Å²) in [7, 11) is 0. The van der Waals surface area contributed by atoms with Crippen molar-refractivity contribution in [1.82, 2.24) is 5.32 Å². The van der Waals surface area contributed by atoms with Crippen LogP contribution in [0.4, 0.5) is 0 Å². The third kappa shape index (κ3) is 3.14. The molecule has 0 amide bonds. The smallest absolute Gasteiger partial charge is 0.0693 e. The van der Waals surface area contributed by atoms with Gasteiger partial charge in [-0.3, -0.25) is 0 Å². The highest BCUT2D eigenvalue weighted by molar-refractivity contribution is 7.99. The first kappa shape index (κ1) is 12.7. The molecule has 0 bridgehead atoms. The van der Waals surface area contributed by atoms with Crippen LogP contribution in [0.1, 0.15) is 51.4 Å². The highest BCUT2D eigenvalue weighted by atomic mass is 32.2. The second kappa shape index (κ2) is 6.27. The van der Waals surface area contributed by atoms with Gasteiger partial charge >= 0.3 is 0 Å². The van der Waals surface area contributed by atoms with E-state index in [1.807, 2.05) is 11.8 Å². The van der Waals surface area contributed by atoms with E-state index in [1.165, 1.54) is 44.9 Å². The zero-order valence-electron chi connectivity index (χ0n) is 10.3. The quantitative estimate of drug-likeness (QED) is 0.799. The fraction of sp³-hybridized carbons (Fsp3) is 1.00. The average molecular weight is 243 g/mol. The van der Waals surface area contributed by atoms with E-state index in [-0.39, 0.29) is 6.10 Å². The summed E-state index contributed by atoms with van der Waals surface area (Å²) in [6.45, 7) is 0. The van der Waals surface area contributed by atoms with Gasteiger partial charge in [-0.2, -0.15) is 11.8 Å². The summed E-state index contributed by atoms with van der Waals surface area (Å²) in [4.78, 5) is 0. The third-order valence-electron chi connectivity index (χ3n) is 4.16. The Morgan fingerprint density at radius 2 is 1.56 bits per heavy atom. The lowest BCUT2D eigenvalue weighted by molar-refractivity contribution is 0.0822. The van der Waals surface area contributed by atoms with Crippen molar-refractivity contribution in [2.75, 3.05) is 6.26 Å². The van der Waals surface area contributed by atoms with E-state index < -0.39 is 0 Å². The molecule has 16 heavy (non-hydrogen) atoms. The molecule has 0 aromatic carbocycles. The first-order chi connectivity index (χ1) is 7.81. The van der Waals surface area contributed by atoms with E-state index in [2.05, 4.69) is 11.6 Å². The van der Waals surface area contributed by atoms with Gasteiger partial charge in [0, 0.05) is 17.3 Å². The molecule has 2 nitrogen and oxygen atoms in total. The number of aliphatic hydroxyl groups excluding tert-OH is 1. The lowest BCUT2D eigenvalue weighted by Crippen LogP contribution is -2.51. The minimum atomic E-state index is -0.0989. The molecule has 0 heterocycles. The predicted molar refractivity (Wildman–Crippen MR) is 71.0 cm³/mol. The van der Waals surface area contributed by atoms with Crippen LogP contribution in [0, 0.1) is 0 Å². The van der Waals surface area contributed by atoms with Gasteiger partial charge in [-0.25, -0.2) is 0 Å². The van der Waals surface area contributed by atoms with Gasteiger partial charge in [-0.05, 0) is 31.9 Å². The van der Waals surface area contributed by atoms with Gasteiger partial charge in [-0.1, -0.05) is 25.7 Å². The molecule has 94 valence electrons. The molecule has 2 aliphatic carbocycles. The van der Waals surface area contributed by atoms with Crippen LogP contribution in [0.15, 0.2) is 0 Å². The number of hydrogen-bond donors (Lipinski definition) is 2. The highest BCUT2D eigenvalue weighted by Crippen LogP contribution is 2.29. The summed E-state index contributed by atoms with van der Waals surface area (Å²) in [5.74, 6) is 0. The fourth-order valence-corrected chi connectivity index (χ4v) is 4.10. The highest BCUT2D eigenvalue weighted by Gasteiger charge is 2.30. The largest absolute Gasteiger partial charge is 0.392 e. The van der Waals surface area contributed by atoms with Crippen LogP contribution in [0.5, 0.6) is 0 Å². The SMILES string of the molecule is CSC1CCCCC1NC1CCCCC1O. The topological polar surface area (TPSA) is 32.3 Å². The van der Waals surface area contributed by atoms with Gasteiger partial charge in [0.1, 0.15) is 0 Å². The lowest BCUT2D eigenvalue weighted by atomic mass is 9.89. The zero-order valence-corrected chi connectivity index (χ0v) is 11.1. The monoisotopic (exact) mass is 243 g/mol. The third-order valence-corrected chi connectivity index (χ3v) is 5.33. The van der Waals surface area contributed by atoms with Crippen molar-refractivity contribution in [3.8, 4) is 0 Å². The van der Waals surface area contributed by atoms with Crippen LogP contribution < -0.4 is 5.32 Å². The molecular weight excluding hydrogens is 218 g/mol. The van der Waals surface area contributed by atoms with Crippen LogP contribution in [0.2, 0.25) is 0 Å². The Hall–Kier alpha value is 0.270. The predicted octanol–water partition coefficient (Wildman–Crippen LogP) is 2.55. The Morgan fingerprint density at radius 1 is 0.938 bits per heavy atom. The fourth-order valence-electron chi connectivity index (χ4n) is 3.15. The van der Waals surface area contributed by atoms with Gasteiger partial charge in [0.15, 0.2) is 0 Å². The molecule has 0 aromatic heterocycles. The second-order valence-electron chi connectivity index (χ2n) is 5.29. The standard InChI is InChI=1S/C13H25NOS/c1-16-13-9-5-3-7-11(13)14-10-6-2-4-8-12(10)15/h10-15H,2-9H2,1H3. The molecule has 0 radical (unpaired) electrons. The summed E-state index contributed by atoms with van der Waals surface area (Å²) in [6.07, 6.45) is 12.2. The Kier molecular flexibility index (Phi) is 4.98. The van der Waals surface area contributed by atoms with E-state index in [0.717, 1.165) is 11.7 Å². The number of hydrogen-bond acceptors (Lipinski definition) is 3. The minimum absolute atomic E-state index is 0.0989. The van der Waals surface area contributed by atoms with Crippen LogP contribution in [0.25, 0.3) is 0 Å². The van der Waals surface area contributed by atoms with Crippen molar-refractivity contribution in [3.63, 3.8) is 0 Å². The molecule has 2 N–H and O–H groups in total. The number of thioether (sulfide) groups is 1. The first-order valence-corrected chi connectivity index (χ1v) is 8.07. The lowest BCUT2D eigenvalue weighted by Gasteiger charge is -2.37. The van der Waals surface area contributed by atoms with Gasteiger partial charge in [0.25, 0.3) is 0 Å². The van der Waals surface area contributed by atoms with Gasteiger partial charge in [0.05, 0.1) is 6.10 Å².